The van der Waals surface area contributed by atoms with Crippen molar-refractivity contribution in [3.8, 4) is 0 Å². The average Bonchev–Trinajstić information content (AvgIpc) is 3.22. The molecule has 1 aromatic carbocycles. The summed E-state index contributed by atoms with van der Waals surface area (Å²) in [5.74, 6) is 0.171. The van der Waals surface area contributed by atoms with E-state index in [1.54, 1.807) is 11.3 Å². The molecule has 1 aromatic heterocycles. The van der Waals surface area contributed by atoms with E-state index in [9.17, 15) is 9.59 Å². The van der Waals surface area contributed by atoms with Crippen LogP contribution in [-0.4, -0.2) is 54.6 Å². The van der Waals surface area contributed by atoms with E-state index in [4.69, 9.17) is 4.74 Å². The second-order valence-corrected chi connectivity index (χ2v) is 10.9. The third kappa shape index (κ3) is 5.01. The van der Waals surface area contributed by atoms with Gasteiger partial charge in [0.05, 0.1) is 12.2 Å². The molecule has 0 radical (unpaired) electrons. The van der Waals surface area contributed by atoms with Crippen LogP contribution in [0.25, 0.3) is 0 Å². The lowest BCUT2D eigenvalue weighted by molar-refractivity contribution is 0.0526. The van der Waals surface area contributed by atoms with Crippen LogP contribution in [0, 0.1) is 5.92 Å². The number of hydrogen-bond acceptors (Lipinski definition) is 5. The van der Waals surface area contributed by atoms with Crippen molar-refractivity contribution in [2.75, 3.05) is 38.1 Å². The predicted octanol–water partition coefficient (Wildman–Crippen LogP) is 5.11. The minimum Gasteiger partial charge on any atom is -0.462 e. The third-order valence-corrected chi connectivity index (χ3v) is 8.61. The van der Waals surface area contributed by atoms with Gasteiger partial charge in [-0.3, -0.25) is 10.2 Å². The number of carbonyl (C=O) groups is 2. The molecule has 0 unspecified atom stereocenters. The number of ether oxygens (including phenoxy) is 1. The van der Waals surface area contributed by atoms with Crippen LogP contribution in [0.15, 0.2) is 24.3 Å². The van der Waals surface area contributed by atoms with Crippen molar-refractivity contribution >= 4 is 28.3 Å². The van der Waals surface area contributed by atoms with Crippen LogP contribution in [0.1, 0.15) is 64.5 Å². The number of urea groups is 1. The number of piperidine rings is 1. The Hall–Kier alpha value is -2.38. The van der Waals surface area contributed by atoms with Gasteiger partial charge in [0.15, 0.2) is 0 Å². The summed E-state index contributed by atoms with van der Waals surface area (Å²) in [7, 11) is 0. The van der Waals surface area contributed by atoms with E-state index in [-0.39, 0.29) is 12.0 Å². The summed E-state index contributed by atoms with van der Waals surface area (Å²) in [5.41, 5.74) is 4.59. The Bertz CT molecular complexity index is 1050. The van der Waals surface area contributed by atoms with Crippen molar-refractivity contribution in [1.29, 1.82) is 0 Å². The molecule has 0 spiro atoms. The Morgan fingerprint density at radius 1 is 1.09 bits per heavy atom. The maximum Gasteiger partial charge on any atom is 0.341 e. The van der Waals surface area contributed by atoms with E-state index in [0.717, 1.165) is 83.2 Å². The molecule has 2 amide bonds. The van der Waals surface area contributed by atoms with Gasteiger partial charge in [-0.1, -0.05) is 24.3 Å². The molecule has 2 aromatic rings. The number of rotatable bonds is 5. The first-order valence-corrected chi connectivity index (χ1v) is 13.6. The Kier molecular flexibility index (Phi) is 7.21. The predicted molar refractivity (Wildman–Crippen MR) is 136 cm³/mol. The van der Waals surface area contributed by atoms with Crippen molar-refractivity contribution < 1.29 is 14.3 Å². The summed E-state index contributed by atoms with van der Waals surface area (Å²) < 4.78 is 5.34. The van der Waals surface area contributed by atoms with Crippen molar-refractivity contribution in [2.24, 2.45) is 5.92 Å². The van der Waals surface area contributed by atoms with Gasteiger partial charge in [0.25, 0.3) is 0 Å². The number of aryl methyl sites for hydroxylation is 1. The first-order valence-electron chi connectivity index (χ1n) is 12.8. The largest absolute Gasteiger partial charge is 0.462 e. The van der Waals surface area contributed by atoms with Crippen LogP contribution in [0.5, 0.6) is 0 Å². The molecule has 1 fully saturated rings. The van der Waals surface area contributed by atoms with Gasteiger partial charge in [-0.2, -0.15) is 0 Å². The molecule has 0 saturated carbocycles. The zero-order valence-electron chi connectivity index (χ0n) is 20.1. The van der Waals surface area contributed by atoms with Crippen LogP contribution >= 0.6 is 11.3 Å². The lowest BCUT2D eigenvalue weighted by Gasteiger charge is -2.37. The number of nitrogens with one attached hydrogen (secondary N) is 1. The van der Waals surface area contributed by atoms with E-state index in [1.807, 2.05) is 11.8 Å². The SMILES string of the molecule is CCOC(=O)c1c(NC(=O)N2CCC[C@H](CN3CCc4ccccc4C3)C2)sc2c1CCCC2. The number of likely N-dealkylation sites (tertiary alicyclic amines) is 1. The highest BCUT2D eigenvalue weighted by atomic mass is 32.1. The van der Waals surface area contributed by atoms with Gasteiger partial charge in [0, 0.05) is 37.6 Å². The molecule has 0 bridgehead atoms. The molecular weight excluding hydrogens is 446 g/mol. The van der Waals surface area contributed by atoms with Gasteiger partial charge in [0.1, 0.15) is 5.00 Å². The molecule has 1 saturated heterocycles. The minimum atomic E-state index is -0.306. The molecule has 3 heterocycles. The number of anilines is 1. The summed E-state index contributed by atoms with van der Waals surface area (Å²) in [6, 6.07) is 8.65. The number of nitrogens with zero attached hydrogens (tertiary/aromatic N) is 2. The molecule has 3 aliphatic rings. The second kappa shape index (κ2) is 10.5. The smallest absolute Gasteiger partial charge is 0.341 e. The van der Waals surface area contributed by atoms with Crippen molar-refractivity contribution in [2.45, 2.75) is 58.4 Å². The average molecular weight is 482 g/mol. The highest BCUT2D eigenvalue weighted by molar-refractivity contribution is 7.17. The molecule has 1 N–H and O–H groups in total. The van der Waals surface area contributed by atoms with Gasteiger partial charge >= 0.3 is 12.0 Å². The lowest BCUT2D eigenvalue weighted by Crippen LogP contribution is -2.46. The van der Waals surface area contributed by atoms with E-state index < -0.39 is 0 Å². The monoisotopic (exact) mass is 481 g/mol. The maximum atomic E-state index is 13.3. The maximum absolute atomic E-state index is 13.3. The lowest BCUT2D eigenvalue weighted by atomic mass is 9.95. The molecule has 6 nitrogen and oxygen atoms in total. The number of carbonyl (C=O) groups excluding carboxylic acids is 2. The quantitative estimate of drug-likeness (QED) is 0.603. The summed E-state index contributed by atoms with van der Waals surface area (Å²) in [6.45, 7) is 6.82. The summed E-state index contributed by atoms with van der Waals surface area (Å²) >= 11 is 1.56. The molecule has 1 aliphatic carbocycles. The molecule has 1 atom stereocenters. The van der Waals surface area contributed by atoms with Crippen molar-refractivity contribution in [3.63, 3.8) is 0 Å². The van der Waals surface area contributed by atoms with Crippen LogP contribution in [-0.2, 0) is 30.5 Å². The fraction of sp³-hybridized carbons (Fsp3) is 0.556. The summed E-state index contributed by atoms with van der Waals surface area (Å²) in [6.07, 6.45) is 7.37. The number of fused-ring (bicyclic) bond motifs is 2. The zero-order chi connectivity index (χ0) is 23.5. The summed E-state index contributed by atoms with van der Waals surface area (Å²) in [5, 5.41) is 3.78. The number of hydrogen-bond donors (Lipinski definition) is 1. The topological polar surface area (TPSA) is 61.9 Å². The van der Waals surface area contributed by atoms with Crippen LogP contribution in [0.3, 0.4) is 0 Å². The first-order chi connectivity index (χ1) is 16.6. The van der Waals surface area contributed by atoms with E-state index in [0.29, 0.717) is 23.1 Å². The van der Waals surface area contributed by atoms with Crippen molar-refractivity contribution in [3.05, 3.63) is 51.4 Å². The minimum absolute atomic E-state index is 0.0853. The zero-order valence-corrected chi connectivity index (χ0v) is 20.9. The fourth-order valence-corrected chi connectivity index (χ4v) is 6.99. The van der Waals surface area contributed by atoms with E-state index in [1.165, 1.54) is 16.0 Å². The molecular formula is C27H35N3O3S. The Balaban J connectivity index is 1.23. The number of thiophene rings is 1. The third-order valence-electron chi connectivity index (χ3n) is 7.40. The first kappa shape index (κ1) is 23.4. The van der Waals surface area contributed by atoms with Crippen LogP contribution in [0.4, 0.5) is 9.80 Å². The molecule has 182 valence electrons. The Morgan fingerprint density at radius 2 is 1.91 bits per heavy atom. The number of esters is 1. The second-order valence-electron chi connectivity index (χ2n) is 9.77. The van der Waals surface area contributed by atoms with E-state index >= 15 is 0 Å². The normalized spacial score (nSPS) is 20.4. The van der Waals surface area contributed by atoms with Crippen molar-refractivity contribution in [1.82, 2.24) is 9.80 Å². The Labute approximate surface area is 206 Å². The summed E-state index contributed by atoms with van der Waals surface area (Å²) in [4.78, 5) is 31.7. The molecule has 7 heteroatoms. The molecule has 2 aliphatic heterocycles. The number of benzene rings is 1. The highest BCUT2D eigenvalue weighted by Crippen LogP contribution is 2.39. The van der Waals surface area contributed by atoms with Gasteiger partial charge in [-0.15, -0.1) is 11.3 Å². The Morgan fingerprint density at radius 3 is 2.76 bits per heavy atom. The van der Waals surface area contributed by atoms with Gasteiger partial charge < -0.3 is 9.64 Å². The number of amides is 2. The molecule has 34 heavy (non-hydrogen) atoms. The standard InChI is InChI=1S/C27H35N3O3S/c1-2-33-26(31)24-22-11-5-6-12-23(22)34-25(24)28-27(32)30-14-7-8-19(17-30)16-29-15-13-20-9-3-4-10-21(20)18-29/h3-4,9-10,19H,2,5-8,11-18H2,1H3,(H,28,32)/t19-/m1/s1. The van der Waals surface area contributed by atoms with Gasteiger partial charge in [0.2, 0.25) is 0 Å². The fourth-order valence-electron chi connectivity index (χ4n) is 5.72. The van der Waals surface area contributed by atoms with Gasteiger partial charge in [-0.25, -0.2) is 9.59 Å². The molecule has 5 rings (SSSR count). The van der Waals surface area contributed by atoms with Crippen LogP contribution in [0.2, 0.25) is 0 Å². The van der Waals surface area contributed by atoms with Crippen LogP contribution < -0.4 is 5.32 Å². The van der Waals surface area contributed by atoms with Gasteiger partial charge in [-0.05, 0) is 74.5 Å². The van der Waals surface area contributed by atoms with E-state index in [2.05, 4.69) is 34.5 Å². The highest BCUT2D eigenvalue weighted by Gasteiger charge is 2.30.